The van der Waals surface area contributed by atoms with Crippen molar-refractivity contribution >= 4 is 0 Å². The van der Waals surface area contributed by atoms with E-state index in [-0.39, 0.29) is 6.61 Å². The molecule has 17 heavy (non-hydrogen) atoms. The molecule has 0 atom stereocenters. The summed E-state index contributed by atoms with van der Waals surface area (Å²) in [6.45, 7) is 5.98. The molecule has 0 aromatic rings. The maximum atomic E-state index is 10.6. The SMILES string of the molecule is CCC(CC)N(CCO)CC1(O)CCCCC1. The van der Waals surface area contributed by atoms with Crippen molar-refractivity contribution in [2.75, 3.05) is 19.7 Å². The first-order valence-electron chi connectivity index (χ1n) is 7.22. The lowest BCUT2D eigenvalue weighted by Gasteiger charge is -2.40. The maximum absolute atomic E-state index is 10.6. The molecule has 0 heterocycles. The molecule has 0 bridgehead atoms. The zero-order valence-corrected chi connectivity index (χ0v) is 11.5. The third-order valence-corrected chi connectivity index (χ3v) is 4.13. The molecule has 0 aromatic heterocycles. The molecule has 1 fully saturated rings. The van der Waals surface area contributed by atoms with Gasteiger partial charge in [0.2, 0.25) is 0 Å². The van der Waals surface area contributed by atoms with E-state index in [1.165, 1.54) is 6.42 Å². The summed E-state index contributed by atoms with van der Waals surface area (Å²) in [6, 6.07) is 0.494. The molecule has 102 valence electrons. The van der Waals surface area contributed by atoms with E-state index in [9.17, 15) is 5.11 Å². The molecule has 0 radical (unpaired) electrons. The molecule has 0 amide bonds. The van der Waals surface area contributed by atoms with Crippen LogP contribution in [0.3, 0.4) is 0 Å². The highest BCUT2D eigenvalue weighted by Crippen LogP contribution is 2.29. The Morgan fingerprint density at radius 2 is 1.71 bits per heavy atom. The van der Waals surface area contributed by atoms with Crippen LogP contribution in [0, 0.1) is 0 Å². The minimum absolute atomic E-state index is 0.187. The molecule has 0 aromatic carbocycles. The van der Waals surface area contributed by atoms with E-state index in [1.54, 1.807) is 0 Å². The Labute approximate surface area is 106 Å². The second kappa shape index (κ2) is 7.34. The van der Waals surface area contributed by atoms with Crippen LogP contribution >= 0.6 is 0 Å². The summed E-state index contributed by atoms with van der Waals surface area (Å²) in [6.07, 6.45) is 7.58. The van der Waals surface area contributed by atoms with Gasteiger partial charge in [-0.3, -0.25) is 4.90 Å². The zero-order chi connectivity index (χ0) is 12.7. The Morgan fingerprint density at radius 1 is 1.12 bits per heavy atom. The van der Waals surface area contributed by atoms with Gasteiger partial charge < -0.3 is 10.2 Å². The predicted molar refractivity (Wildman–Crippen MR) is 71.1 cm³/mol. The van der Waals surface area contributed by atoms with Crippen LogP contribution in [-0.2, 0) is 0 Å². The molecule has 1 aliphatic carbocycles. The van der Waals surface area contributed by atoms with E-state index in [4.69, 9.17) is 5.11 Å². The van der Waals surface area contributed by atoms with E-state index >= 15 is 0 Å². The van der Waals surface area contributed by atoms with Gasteiger partial charge in [-0.25, -0.2) is 0 Å². The Balaban J connectivity index is 2.57. The van der Waals surface area contributed by atoms with Gasteiger partial charge in [0, 0.05) is 19.1 Å². The van der Waals surface area contributed by atoms with Crippen molar-refractivity contribution in [3.8, 4) is 0 Å². The van der Waals surface area contributed by atoms with Gasteiger partial charge in [-0.05, 0) is 25.7 Å². The second-order valence-corrected chi connectivity index (χ2v) is 5.45. The van der Waals surface area contributed by atoms with E-state index in [1.807, 2.05) is 0 Å². The summed E-state index contributed by atoms with van der Waals surface area (Å²) in [5.41, 5.74) is -0.504. The molecule has 2 N–H and O–H groups in total. The minimum Gasteiger partial charge on any atom is -0.395 e. The first-order valence-corrected chi connectivity index (χ1v) is 7.22. The fraction of sp³-hybridized carbons (Fsp3) is 1.00. The van der Waals surface area contributed by atoms with Gasteiger partial charge in [0.25, 0.3) is 0 Å². The van der Waals surface area contributed by atoms with Crippen molar-refractivity contribution in [2.24, 2.45) is 0 Å². The van der Waals surface area contributed by atoms with Gasteiger partial charge in [0.1, 0.15) is 0 Å². The van der Waals surface area contributed by atoms with Crippen molar-refractivity contribution in [1.82, 2.24) is 4.90 Å². The lowest BCUT2D eigenvalue weighted by atomic mass is 9.84. The maximum Gasteiger partial charge on any atom is 0.0774 e. The van der Waals surface area contributed by atoms with Crippen molar-refractivity contribution in [3.63, 3.8) is 0 Å². The van der Waals surface area contributed by atoms with E-state index < -0.39 is 5.60 Å². The topological polar surface area (TPSA) is 43.7 Å². The number of nitrogens with zero attached hydrogens (tertiary/aromatic N) is 1. The number of aliphatic hydroxyl groups excluding tert-OH is 1. The quantitative estimate of drug-likeness (QED) is 0.720. The van der Waals surface area contributed by atoms with E-state index in [2.05, 4.69) is 18.7 Å². The summed E-state index contributed by atoms with van der Waals surface area (Å²) >= 11 is 0. The lowest BCUT2D eigenvalue weighted by molar-refractivity contribution is -0.0398. The molecule has 1 saturated carbocycles. The monoisotopic (exact) mass is 243 g/mol. The zero-order valence-electron chi connectivity index (χ0n) is 11.5. The number of rotatable bonds is 7. The summed E-state index contributed by atoms with van der Waals surface area (Å²) in [5.74, 6) is 0. The standard InChI is InChI=1S/C14H29NO2/c1-3-13(4-2)15(10-11-16)12-14(17)8-6-5-7-9-14/h13,16-17H,3-12H2,1-2H3. The molecule has 0 saturated heterocycles. The van der Waals surface area contributed by atoms with Gasteiger partial charge in [-0.2, -0.15) is 0 Å². The van der Waals surface area contributed by atoms with E-state index in [0.29, 0.717) is 12.6 Å². The fourth-order valence-corrected chi connectivity index (χ4v) is 3.07. The van der Waals surface area contributed by atoms with Gasteiger partial charge in [0.15, 0.2) is 0 Å². The summed E-state index contributed by atoms with van der Waals surface area (Å²) in [7, 11) is 0. The number of hydrogen-bond donors (Lipinski definition) is 2. The average Bonchev–Trinajstić information content (AvgIpc) is 2.31. The predicted octanol–water partition coefficient (Wildman–Crippen LogP) is 2.16. The third kappa shape index (κ3) is 4.57. The van der Waals surface area contributed by atoms with Crippen LogP contribution in [0.4, 0.5) is 0 Å². The lowest BCUT2D eigenvalue weighted by Crippen LogP contribution is -2.49. The molecule has 0 unspecified atom stereocenters. The minimum atomic E-state index is -0.504. The molecule has 3 heteroatoms. The molecular weight excluding hydrogens is 214 g/mol. The highest BCUT2D eigenvalue weighted by atomic mass is 16.3. The second-order valence-electron chi connectivity index (χ2n) is 5.45. The van der Waals surface area contributed by atoms with Crippen LogP contribution in [0.25, 0.3) is 0 Å². The first kappa shape index (κ1) is 14.9. The molecule has 1 rings (SSSR count). The van der Waals surface area contributed by atoms with Crippen LogP contribution in [0.1, 0.15) is 58.8 Å². The molecular formula is C14H29NO2. The molecule has 0 aliphatic heterocycles. The van der Waals surface area contributed by atoms with Gasteiger partial charge in [-0.1, -0.05) is 33.1 Å². The summed E-state index contributed by atoms with van der Waals surface area (Å²) < 4.78 is 0. The van der Waals surface area contributed by atoms with Crippen LogP contribution in [-0.4, -0.2) is 46.5 Å². The van der Waals surface area contributed by atoms with Crippen molar-refractivity contribution in [3.05, 3.63) is 0 Å². The summed E-state index contributed by atoms with van der Waals surface area (Å²) in [4.78, 5) is 2.28. The molecule has 1 aliphatic rings. The smallest absolute Gasteiger partial charge is 0.0774 e. The Hall–Kier alpha value is -0.120. The Bertz CT molecular complexity index is 198. The highest BCUT2D eigenvalue weighted by Gasteiger charge is 2.32. The van der Waals surface area contributed by atoms with Crippen LogP contribution < -0.4 is 0 Å². The summed E-state index contributed by atoms with van der Waals surface area (Å²) in [5, 5.41) is 19.8. The van der Waals surface area contributed by atoms with Crippen LogP contribution in [0.2, 0.25) is 0 Å². The van der Waals surface area contributed by atoms with Crippen molar-refractivity contribution < 1.29 is 10.2 Å². The van der Waals surface area contributed by atoms with Gasteiger partial charge >= 0.3 is 0 Å². The largest absolute Gasteiger partial charge is 0.395 e. The van der Waals surface area contributed by atoms with Gasteiger partial charge in [0.05, 0.1) is 12.2 Å². The number of hydrogen-bond acceptors (Lipinski definition) is 3. The fourth-order valence-electron chi connectivity index (χ4n) is 3.07. The van der Waals surface area contributed by atoms with Crippen molar-refractivity contribution in [1.29, 1.82) is 0 Å². The van der Waals surface area contributed by atoms with Crippen molar-refractivity contribution in [2.45, 2.75) is 70.4 Å². The third-order valence-electron chi connectivity index (χ3n) is 4.13. The molecule has 0 spiro atoms. The average molecular weight is 243 g/mol. The van der Waals surface area contributed by atoms with Crippen LogP contribution in [0.5, 0.6) is 0 Å². The number of aliphatic hydroxyl groups is 2. The van der Waals surface area contributed by atoms with Crippen LogP contribution in [0.15, 0.2) is 0 Å². The highest BCUT2D eigenvalue weighted by molar-refractivity contribution is 4.87. The van der Waals surface area contributed by atoms with E-state index in [0.717, 1.165) is 45.1 Å². The molecule has 3 nitrogen and oxygen atoms in total. The Kier molecular flexibility index (Phi) is 6.45. The normalized spacial score (nSPS) is 20.1. The van der Waals surface area contributed by atoms with Gasteiger partial charge in [-0.15, -0.1) is 0 Å². The Morgan fingerprint density at radius 3 is 2.18 bits per heavy atom. The first-order chi connectivity index (χ1) is 8.15.